The predicted molar refractivity (Wildman–Crippen MR) is 80.2 cm³/mol. The highest BCUT2D eigenvalue weighted by Crippen LogP contribution is 2.21. The van der Waals surface area contributed by atoms with Gasteiger partial charge in [0.2, 0.25) is 0 Å². The Kier molecular flexibility index (Phi) is 4.48. The third kappa shape index (κ3) is 3.52. The van der Waals surface area contributed by atoms with E-state index in [1.807, 2.05) is 0 Å². The van der Waals surface area contributed by atoms with Crippen LogP contribution in [0.5, 0.6) is 5.75 Å². The molecule has 2 N–H and O–H groups in total. The molecule has 0 radical (unpaired) electrons. The maximum atomic E-state index is 13.5. The maximum Gasteiger partial charge on any atom is 0.253 e. The molecular formula is C16H15ClFNO2. The number of phenolic OH excluding ortho intramolecular Hbond substituents is 1. The number of hydrogen-bond donors (Lipinski definition) is 2. The van der Waals surface area contributed by atoms with Crippen LogP contribution in [-0.4, -0.2) is 11.0 Å². The van der Waals surface area contributed by atoms with Gasteiger partial charge in [0.05, 0.1) is 10.6 Å². The van der Waals surface area contributed by atoms with E-state index in [0.29, 0.717) is 11.1 Å². The van der Waals surface area contributed by atoms with Gasteiger partial charge in [-0.25, -0.2) is 4.39 Å². The minimum atomic E-state index is -0.393. The molecule has 3 nitrogen and oxygen atoms in total. The van der Waals surface area contributed by atoms with E-state index in [9.17, 15) is 14.3 Å². The summed E-state index contributed by atoms with van der Waals surface area (Å²) in [6.07, 6.45) is 0. The molecule has 110 valence electrons. The molecule has 5 heteroatoms. The number of rotatable bonds is 3. The quantitative estimate of drug-likeness (QED) is 0.907. The minimum Gasteiger partial charge on any atom is -0.508 e. The molecule has 0 fully saturated rings. The molecule has 2 aromatic rings. The van der Waals surface area contributed by atoms with E-state index in [1.165, 1.54) is 18.2 Å². The first-order valence-corrected chi connectivity index (χ1v) is 6.78. The molecule has 0 spiro atoms. The zero-order valence-electron chi connectivity index (χ0n) is 11.7. The zero-order chi connectivity index (χ0) is 15.6. The molecule has 21 heavy (non-hydrogen) atoms. The fourth-order valence-corrected chi connectivity index (χ4v) is 2.31. The number of nitrogens with one attached hydrogen (secondary N) is 1. The summed E-state index contributed by atoms with van der Waals surface area (Å²) in [5.41, 5.74) is 2.08. The summed E-state index contributed by atoms with van der Waals surface area (Å²) in [5.74, 6) is -0.658. The van der Waals surface area contributed by atoms with Gasteiger partial charge < -0.3 is 10.4 Å². The Balaban J connectivity index is 2.13. The van der Waals surface area contributed by atoms with E-state index >= 15 is 0 Å². The molecule has 0 atom stereocenters. The van der Waals surface area contributed by atoms with Gasteiger partial charge in [-0.3, -0.25) is 4.79 Å². The van der Waals surface area contributed by atoms with Gasteiger partial charge in [0.15, 0.2) is 0 Å². The van der Waals surface area contributed by atoms with Crippen LogP contribution >= 0.6 is 11.6 Å². The van der Waals surface area contributed by atoms with Crippen LogP contribution in [0.15, 0.2) is 30.3 Å². The molecule has 0 aromatic heterocycles. The Hall–Kier alpha value is -2.07. The van der Waals surface area contributed by atoms with Crippen molar-refractivity contribution in [2.75, 3.05) is 0 Å². The van der Waals surface area contributed by atoms with Crippen molar-refractivity contribution in [3.05, 3.63) is 63.4 Å². The predicted octanol–water partition coefficient (Wildman–Crippen LogP) is 3.73. The number of carbonyl (C=O) groups excluding carboxylic acids is 1. The number of aromatic hydroxyl groups is 1. The Labute approximate surface area is 127 Å². The monoisotopic (exact) mass is 307 g/mol. The summed E-state index contributed by atoms with van der Waals surface area (Å²) >= 11 is 5.92. The molecule has 0 bridgehead atoms. The lowest BCUT2D eigenvalue weighted by Crippen LogP contribution is -2.23. The molecule has 0 heterocycles. The van der Waals surface area contributed by atoms with Crippen molar-refractivity contribution in [2.45, 2.75) is 20.4 Å². The second kappa shape index (κ2) is 6.14. The normalized spacial score (nSPS) is 10.5. The van der Waals surface area contributed by atoms with E-state index < -0.39 is 5.91 Å². The number of hydrogen-bond acceptors (Lipinski definition) is 2. The van der Waals surface area contributed by atoms with Crippen molar-refractivity contribution >= 4 is 17.5 Å². The number of phenols is 1. The van der Waals surface area contributed by atoms with Gasteiger partial charge in [0.1, 0.15) is 11.6 Å². The molecule has 0 saturated carbocycles. The highest BCUT2D eigenvalue weighted by atomic mass is 35.5. The fourth-order valence-electron chi connectivity index (χ4n) is 2.10. The Morgan fingerprint density at radius 2 is 1.86 bits per heavy atom. The van der Waals surface area contributed by atoms with E-state index in [2.05, 4.69) is 5.32 Å². The Morgan fingerprint density at radius 3 is 2.48 bits per heavy atom. The van der Waals surface area contributed by atoms with Crippen LogP contribution in [0.1, 0.15) is 27.0 Å². The molecule has 0 aliphatic carbocycles. The van der Waals surface area contributed by atoms with E-state index in [4.69, 9.17) is 11.6 Å². The zero-order valence-corrected chi connectivity index (χ0v) is 12.5. The van der Waals surface area contributed by atoms with Gasteiger partial charge in [-0.2, -0.15) is 0 Å². The second-order valence-electron chi connectivity index (χ2n) is 4.89. The summed E-state index contributed by atoms with van der Waals surface area (Å²) in [5, 5.41) is 12.4. The largest absolute Gasteiger partial charge is 0.508 e. The van der Waals surface area contributed by atoms with Gasteiger partial charge >= 0.3 is 0 Å². The van der Waals surface area contributed by atoms with Crippen molar-refractivity contribution in [1.29, 1.82) is 0 Å². The summed E-state index contributed by atoms with van der Waals surface area (Å²) in [6.45, 7) is 3.62. The van der Waals surface area contributed by atoms with Crippen molar-refractivity contribution in [2.24, 2.45) is 0 Å². The van der Waals surface area contributed by atoms with Crippen LogP contribution < -0.4 is 5.32 Å². The van der Waals surface area contributed by atoms with Crippen molar-refractivity contribution in [3.63, 3.8) is 0 Å². The Morgan fingerprint density at radius 1 is 1.24 bits per heavy atom. The van der Waals surface area contributed by atoms with Gasteiger partial charge in [-0.15, -0.1) is 0 Å². The van der Waals surface area contributed by atoms with E-state index in [0.717, 1.165) is 5.56 Å². The molecular weight excluding hydrogens is 293 g/mol. The standard InChI is InChI=1S/C16H15ClFNO2/c1-9-5-11(6-10(2)15(9)18)8-19-16(21)13-7-12(20)3-4-14(13)17/h3-7,20H,8H2,1-2H3,(H,19,21). The lowest BCUT2D eigenvalue weighted by Gasteiger charge is -2.09. The van der Waals surface area contributed by atoms with Crippen molar-refractivity contribution < 1.29 is 14.3 Å². The molecule has 0 aliphatic rings. The lowest BCUT2D eigenvalue weighted by atomic mass is 10.1. The summed E-state index contributed by atoms with van der Waals surface area (Å²) in [4.78, 5) is 12.0. The smallest absolute Gasteiger partial charge is 0.253 e. The molecule has 0 aliphatic heterocycles. The first-order valence-electron chi connectivity index (χ1n) is 6.41. The number of amides is 1. The highest BCUT2D eigenvalue weighted by Gasteiger charge is 2.11. The first-order chi connectivity index (χ1) is 9.88. The third-order valence-corrected chi connectivity index (χ3v) is 3.47. The SMILES string of the molecule is Cc1cc(CNC(=O)c2cc(O)ccc2Cl)cc(C)c1F. The maximum absolute atomic E-state index is 13.5. The van der Waals surface area contributed by atoms with Gasteiger partial charge in [0.25, 0.3) is 5.91 Å². The summed E-state index contributed by atoms with van der Waals surface area (Å²) < 4.78 is 13.5. The summed E-state index contributed by atoms with van der Waals surface area (Å²) in [7, 11) is 0. The van der Waals surface area contributed by atoms with Crippen LogP contribution in [0.25, 0.3) is 0 Å². The van der Waals surface area contributed by atoms with Gasteiger partial charge in [0, 0.05) is 6.54 Å². The number of halogens is 2. The van der Waals surface area contributed by atoms with Crippen LogP contribution in [0.3, 0.4) is 0 Å². The average molecular weight is 308 g/mol. The van der Waals surface area contributed by atoms with Gasteiger partial charge in [-0.1, -0.05) is 23.7 Å². The van der Waals surface area contributed by atoms with E-state index in [1.54, 1.807) is 26.0 Å². The molecule has 0 unspecified atom stereocenters. The molecule has 2 aromatic carbocycles. The average Bonchev–Trinajstić information content (AvgIpc) is 2.44. The van der Waals surface area contributed by atoms with Gasteiger partial charge in [-0.05, 0) is 48.7 Å². The number of benzene rings is 2. The van der Waals surface area contributed by atoms with Crippen molar-refractivity contribution in [3.8, 4) is 5.75 Å². The van der Waals surface area contributed by atoms with Crippen LogP contribution in [0.4, 0.5) is 4.39 Å². The topological polar surface area (TPSA) is 49.3 Å². The Bertz CT molecular complexity index is 678. The fraction of sp³-hybridized carbons (Fsp3) is 0.188. The lowest BCUT2D eigenvalue weighted by molar-refractivity contribution is 0.0950. The van der Waals surface area contributed by atoms with Crippen LogP contribution in [0.2, 0.25) is 5.02 Å². The van der Waals surface area contributed by atoms with Crippen LogP contribution in [-0.2, 0) is 6.54 Å². The third-order valence-electron chi connectivity index (χ3n) is 3.14. The molecule has 1 amide bonds. The molecule has 0 saturated heterocycles. The molecule has 2 rings (SSSR count). The summed E-state index contributed by atoms with van der Waals surface area (Å²) in [6, 6.07) is 7.54. The number of aryl methyl sites for hydroxylation is 2. The second-order valence-corrected chi connectivity index (χ2v) is 5.30. The van der Waals surface area contributed by atoms with Crippen LogP contribution in [0, 0.1) is 19.7 Å². The van der Waals surface area contributed by atoms with Crippen molar-refractivity contribution in [1.82, 2.24) is 5.32 Å². The highest BCUT2D eigenvalue weighted by molar-refractivity contribution is 6.33. The first kappa shape index (κ1) is 15.3. The number of carbonyl (C=O) groups is 1. The van der Waals surface area contributed by atoms with E-state index in [-0.39, 0.29) is 28.7 Å². The minimum absolute atomic E-state index is 0.0296.